The zero-order valence-corrected chi connectivity index (χ0v) is 32.5. The topological polar surface area (TPSA) is 89.9 Å². The molecule has 0 aromatic carbocycles. The summed E-state index contributed by atoms with van der Waals surface area (Å²) < 4.78 is 23.0. The first-order chi connectivity index (χ1) is 22.5. The molecule has 0 amide bonds. The monoisotopic (exact) mass is 687 g/mol. The molecular formula is C39H77NO6P+. The van der Waals surface area contributed by atoms with Crippen LogP contribution in [0.5, 0.6) is 0 Å². The predicted octanol–water partition coefficient (Wildman–Crippen LogP) is 11.7. The number of phosphoric ester groups is 1. The standard InChI is InChI=1S/C39H76NO6P/c1-6-8-10-12-14-16-18-20-22-23-25-27-29-31-33-37(39(42)46-47(43,44)45-36-35-40(3,4)5)38(41)34-32-30-28-26-24-21-19-17-15-13-11-9-7-2/h20,22,37H,6-19,21,23-36H2,1-5H3/p+1. The van der Waals surface area contributed by atoms with Crippen molar-refractivity contribution >= 4 is 19.6 Å². The summed E-state index contributed by atoms with van der Waals surface area (Å²) in [5.74, 6) is -2.10. The molecule has 1 N–H and O–H groups in total. The Balaban J connectivity index is 4.51. The molecule has 7 nitrogen and oxygen atoms in total. The van der Waals surface area contributed by atoms with Gasteiger partial charge >= 0.3 is 13.8 Å². The number of carbonyl (C=O) groups excluding carboxylic acids is 2. The van der Waals surface area contributed by atoms with Crippen molar-refractivity contribution in [2.24, 2.45) is 5.92 Å². The molecule has 0 aliphatic heterocycles. The third-order valence-electron chi connectivity index (χ3n) is 8.93. The van der Waals surface area contributed by atoms with Gasteiger partial charge in [0.15, 0.2) is 0 Å². The van der Waals surface area contributed by atoms with E-state index in [-0.39, 0.29) is 12.4 Å². The number of quaternary nitrogens is 1. The number of carbonyl (C=O) groups is 2. The summed E-state index contributed by atoms with van der Waals surface area (Å²) in [6.45, 7) is 4.97. The van der Waals surface area contributed by atoms with Crippen molar-refractivity contribution in [2.75, 3.05) is 34.3 Å². The molecule has 0 aliphatic rings. The number of allylic oxidation sites excluding steroid dienone is 2. The van der Waals surface area contributed by atoms with Crippen molar-refractivity contribution in [3.8, 4) is 0 Å². The van der Waals surface area contributed by atoms with Crippen LogP contribution in [0.3, 0.4) is 0 Å². The van der Waals surface area contributed by atoms with Crippen LogP contribution in [0, 0.1) is 5.92 Å². The maximum Gasteiger partial charge on any atom is 0.529 e. The number of rotatable bonds is 35. The summed E-state index contributed by atoms with van der Waals surface area (Å²) in [7, 11) is 1.24. The highest BCUT2D eigenvalue weighted by Crippen LogP contribution is 2.44. The maximum absolute atomic E-state index is 13.2. The van der Waals surface area contributed by atoms with Crippen LogP contribution in [0.4, 0.5) is 0 Å². The number of Topliss-reactive ketones (excluding diaryl/α,β-unsaturated/α-hetero) is 1. The molecule has 2 unspecified atom stereocenters. The molecule has 47 heavy (non-hydrogen) atoms. The number of hydrogen-bond acceptors (Lipinski definition) is 5. The Hall–Kier alpha value is -1.01. The first-order valence-corrected chi connectivity index (χ1v) is 21.2. The molecule has 0 saturated heterocycles. The molecule has 0 heterocycles. The molecule has 8 heteroatoms. The molecule has 0 aromatic heterocycles. The Labute approximate surface area is 291 Å². The molecule has 278 valence electrons. The van der Waals surface area contributed by atoms with Crippen LogP contribution in [0.15, 0.2) is 12.2 Å². The smallest absolute Gasteiger partial charge is 0.370 e. The molecule has 0 saturated carbocycles. The van der Waals surface area contributed by atoms with Gasteiger partial charge in [-0.1, -0.05) is 154 Å². The van der Waals surface area contributed by atoms with Gasteiger partial charge in [-0.25, -0.2) is 4.57 Å². The number of ketones is 1. The van der Waals surface area contributed by atoms with Crippen LogP contribution in [-0.4, -0.2) is 55.4 Å². The Morgan fingerprint density at radius 1 is 0.638 bits per heavy atom. The third kappa shape index (κ3) is 32.0. The number of hydrogen-bond donors (Lipinski definition) is 1. The molecule has 0 rings (SSSR count). The summed E-state index contributed by atoms with van der Waals surface area (Å²) in [6.07, 6.45) is 35.0. The summed E-state index contributed by atoms with van der Waals surface area (Å²) in [5, 5.41) is 0. The van der Waals surface area contributed by atoms with Gasteiger partial charge in [0.1, 0.15) is 24.9 Å². The quantitative estimate of drug-likeness (QED) is 0.0235. The van der Waals surface area contributed by atoms with E-state index in [0.29, 0.717) is 30.3 Å². The van der Waals surface area contributed by atoms with E-state index in [1.807, 2.05) is 21.1 Å². The largest absolute Gasteiger partial charge is 0.529 e. The minimum absolute atomic E-state index is 0.0183. The molecule has 2 atom stereocenters. The minimum Gasteiger partial charge on any atom is -0.370 e. The van der Waals surface area contributed by atoms with E-state index in [4.69, 9.17) is 9.05 Å². The Bertz CT molecular complexity index is 825. The van der Waals surface area contributed by atoms with E-state index < -0.39 is 19.7 Å². The van der Waals surface area contributed by atoms with Crippen molar-refractivity contribution in [1.82, 2.24) is 0 Å². The van der Waals surface area contributed by atoms with Gasteiger partial charge in [0, 0.05) is 6.42 Å². The van der Waals surface area contributed by atoms with E-state index in [1.54, 1.807) is 0 Å². The lowest BCUT2D eigenvalue weighted by atomic mass is 9.93. The Kier molecular flexibility index (Phi) is 30.3. The second-order valence-corrected chi connectivity index (χ2v) is 16.1. The lowest BCUT2D eigenvalue weighted by Gasteiger charge is -2.24. The van der Waals surface area contributed by atoms with Gasteiger partial charge in [-0.3, -0.25) is 19.0 Å². The summed E-state index contributed by atoms with van der Waals surface area (Å²) in [6, 6.07) is 0. The zero-order chi connectivity index (χ0) is 35.1. The molecule has 0 spiro atoms. The fraction of sp³-hybridized carbons (Fsp3) is 0.897. The molecule has 0 fully saturated rings. The normalized spacial score (nSPS) is 14.0. The summed E-state index contributed by atoms with van der Waals surface area (Å²) in [5.41, 5.74) is 0. The highest BCUT2D eigenvalue weighted by Gasteiger charge is 2.34. The van der Waals surface area contributed by atoms with Crippen molar-refractivity contribution in [1.29, 1.82) is 0 Å². The minimum atomic E-state index is -4.58. The number of likely N-dealkylation sites (N-methyl/N-ethyl adjacent to an activating group) is 1. The Morgan fingerprint density at radius 2 is 1.04 bits per heavy atom. The van der Waals surface area contributed by atoms with Gasteiger partial charge in [-0.15, -0.1) is 0 Å². The molecule has 0 aliphatic carbocycles. The lowest BCUT2D eigenvalue weighted by molar-refractivity contribution is -0.870. The second kappa shape index (κ2) is 31.0. The van der Waals surface area contributed by atoms with Gasteiger partial charge in [0.05, 0.1) is 21.1 Å². The van der Waals surface area contributed by atoms with Gasteiger partial charge in [0.25, 0.3) is 0 Å². The van der Waals surface area contributed by atoms with Gasteiger partial charge in [-0.05, 0) is 38.5 Å². The van der Waals surface area contributed by atoms with Crippen LogP contribution in [0.25, 0.3) is 0 Å². The lowest BCUT2D eigenvalue weighted by Crippen LogP contribution is -2.37. The molecular weight excluding hydrogens is 609 g/mol. The number of nitrogens with zero attached hydrogens (tertiary/aromatic N) is 1. The van der Waals surface area contributed by atoms with Crippen LogP contribution < -0.4 is 0 Å². The third-order valence-corrected chi connectivity index (χ3v) is 9.85. The van der Waals surface area contributed by atoms with E-state index in [0.717, 1.165) is 51.4 Å². The van der Waals surface area contributed by atoms with Gasteiger partial charge < -0.3 is 9.01 Å². The van der Waals surface area contributed by atoms with Crippen LogP contribution in [-0.2, 0) is 23.2 Å². The predicted molar refractivity (Wildman–Crippen MR) is 198 cm³/mol. The zero-order valence-electron chi connectivity index (χ0n) is 31.6. The first-order valence-electron chi connectivity index (χ1n) is 19.7. The average Bonchev–Trinajstić information content (AvgIpc) is 3.00. The molecule has 0 aromatic rings. The second-order valence-electron chi connectivity index (χ2n) is 14.8. The van der Waals surface area contributed by atoms with E-state index >= 15 is 0 Å². The van der Waals surface area contributed by atoms with Crippen LogP contribution in [0.1, 0.15) is 187 Å². The summed E-state index contributed by atoms with van der Waals surface area (Å²) >= 11 is 0. The van der Waals surface area contributed by atoms with Gasteiger partial charge in [-0.2, -0.15) is 0 Å². The first kappa shape index (κ1) is 46.0. The van der Waals surface area contributed by atoms with Crippen molar-refractivity contribution in [3.05, 3.63) is 12.2 Å². The SMILES string of the molecule is CCCCCCCCC=CCCCCCCC(C(=O)CCCCCCCCCCCCCCC)C(=O)OP(=O)(O)OCC[N+](C)(C)C. The number of phosphoric acid groups is 1. The van der Waals surface area contributed by atoms with Crippen LogP contribution in [0.2, 0.25) is 0 Å². The average molecular weight is 687 g/mol. The maximum atomic E-state index is 13.2. The van der Waals surface area contributed by atoms with Crippen LogP contribution >= 0.6 is 7.82 Å². The van der Waals surface area contributed by atoms with Gasteiger partial charge in [0.2, 0.25) is 0 Å². The molecule has 0 bridgehead atoms. The van der Waals surface area contributed by atoms with E-state index in [1.165, 1.54) is 103 Å². The number of unbranched alkanes of at least 4 members (excludes halogenated alkanes) is 22. The van der Waals surface area contributed by atoms with E-state index in [2.05, 4.69) is 26.0 Å². The highest BCUT2D eigenvalue weighted by atomic mass is 31.2. The highest BCUT2D eigenvalue weighted by molar-refractivity contribution is 7.48. The molecule has 0 radical (unpaired) electrons. The fourth-order valence-electron chi connectivity index (χ4n) is 5.78. The van der Waals surface area contributed by atoms with Crippen molar-refractivity contribution in [3.63, 3.8) is 0 Å². The van der Waals surface area contributed by atoms with E-state index in [9.17, 15) is 19.0 Å². The van der Waals surface area contributed by atoms with Crippen molar-refractivity contribution < 1.29 is 32.6 Å². The Morgan fingerprint density at radius 3 is 1.49 bits per heavy atom. The summed E-state index contributed by atoms with van der Waals surface area (Å²) in [4.78, 5) is 36.3. The fourth-order valence-corrected chi connectivity index (χ4v) is 6.50. The van der Waals surface area contributed by atoms with Crippen molar-refractivity contribution in [2.45, 2.75) is 187 Å².